The summed E-state index contributed by atoms with van der Waals surface area (Å²) in [5.74, 6) is -6.50. The molecule has 0 saturated heterocycles. The summed E-state index contributed by atoms with van der Waals surface area (Å²) >= 11 is 0. The van der Waals surface area contributed by atoms with Gasteiger partial charge in [-0.3, -0.25) is 9.59 Å². The van der Waals surface area contributed by atoms with Crippen molar-refractivity contribution in [1.29, 1.82) is 0 Å². The Kier molecular flexibility index (Phi) is 13.6. The minimum atomic E-state index is -5.00. The average Bonchev–Trinajstić information content (AvgIpc) is 3.62. The maximum absolute atomic E-state index is 15.1. The zero-order valence-corrected chi connectivity index (χ0v) is 29.4. The summed E-state index contributed by atoms with van der Waals surface area (Å²) in [6, 6.07) is 4.42. The fourth-order valence-corrected chi connectivity index (χ4v) is 5.78. The van der Waals surface area contributed by atoms with Crippen molar-refractivity contribution in [3.63, 3.8) is 0 Å². The Balaban J connectivity index is 1.65. The van der Waals surface area contributed by atoms with Crippen LogP contribution in [-0.4, -0.2) is 84.8 Å². The molecule has 11 nitrogen and oxygen atoms in total. The van der Waals surface area contributed by atoms with E-state index in [1.807, 2.05) is 4.90 Å². The van der Waals surface area contributed by atoms with Gasteiger partial charge in [0.05, 0.1) is 29.1 Å². The number of alkyl halides is 6. The first-order valence-electron chi connectivity index (χ1n) is 16.5. The van der Waals surface area contributed by atoms with Gasteiger partial charge in [-0.2, -0.15) is 30.7 Å². The van der Waals surface area contributed by atoms with Crippen LogP contribution in [0.3, 0.4) is 0 Å². The third-order valence-electron chi connectivity index (χ3n) is 8.88. The van der Waals surface area contributed by atoms with E-state index in [2.05, 4.69) is 25.9 Å². The van der Waals surface area contributed by atoms with Crippen LogP contribution < -0.4 is 20.7 Å². The molecule has 54 heavy (non-hydrogen) atoms. The smallest absolute Gasteiger partial charge is 0.433 e. The number of aromatic nitrogens is 2. The number of carbonyl (C=O) groups is 2. The fourth-order valence-electron chi connectivity index (χ4n) is 5.78. The molecule has 19 heteroatoms. The van der Waals surface area contributed by atoms with Gasteiger partial charge >= 0.3 is 12.4 Å². The van der Waals surface area contributed by atoms with E-state index in [-0.39, 0.29) is 25.0 Å². The first-order chi connectivity index (χ1) is 25.4. The van der Waals surface area contributed by atoms with E-state index in [4.69, 9.17) is 9.47 Å². The van der Waals surface area contributed by atoms with Crippen molar-refractivity contribution in [3.8, 4) is 17.0 Å². The van der Waals surface area contributed by atoms with E-state index < -0.39 is 93.2 Å². The first kappa shape index (κ1) is 41.9. The number of nitrogens with one attached hydrogen (secondary N) is 3. The molecule has 2 aromatic carbocycles. The number of anilines is 1. The number of hydrogen-bond acceptors (Lipinski definition) is 9. The summed E-state index contributed by atoms with van der Waals surface area (Å²) in [6.07, 6.45) is -7.81. The van der Waals surface area contributed by atoms with E-state index in [0.717, 1.165) is 18.2 Å². The van der Waals surface area contributed by atoms with Gasteiger partial charge in [0, 0.05) is 37.9 Å². The zero-order chi connectivity index (χ0) is 39.8. The van der Waals surface area contributed by atoms with Gasteiger partial charge in [-0.1, -0.05) is 18.9 Å². The molecular weight excluding hydrogens is 736 g/mol. The standard InChI is InChI=1S/C35H38F8N6O5/c1-44-33(10-4-5-11-33)30(50)27(31(51)45-18-20-6-9-25(29(37)28(20)36)54-15-13-49(2)12-14-53-3)32(52)48-23-8-7-21(34(38,39)40)16-22(23)24-17-26(35(41,42)43)47-19-46-24/h6-9,16-17,19,44,50H,4-5,10-15,18H2,1-3H3,(H,45,51)(H,48,52)/b30-27-. The van der Waals surface area contributed by atoms with Gasteiger partial charge in [0.2, 0.25) is 5.82 Å². The monoisotopic (exact) mass is 774 g/mol. The third kappa shape index (κ3) is 10.00. The largest absolute Gasteiger partial charge is 0.509 e. The third-order valence-corrected chi connectivity index (χ3v) is 8.88. The maximum Gasteiger partial charge on any atom is 0.433 e. The highest BCUT2D eigenvalue weighted by Crippen LogP contribution is 2.39. The number of nitrogens with zero attached hydrogens (tertiary/aromatic N) is 3. The molecular formula is C35H38F8N6O5. The van der Waals surface area contributed by atoms with Crippen LogP contribution in [0.2, 0.25) is 0 Å². The fraction of sp³-hybridized carbons (Fsp3) is 0.429. The summed E-state index contributed by atoms with van der Waals surface area (Å²) in [4.78, 5) is 36.2. The second-order valence-corrected chi connectivity index (χ2v) is 12.4. The van der Waals surface area contributed by atoms with E-state index in [0.29, 0.717) is 57.1 Å². The Morgan fingerprint density at radius 1 is 0.926 bits per heavy atom. The quantitative estimate of drug-likeness (QED) is 0.0481. The van der Waals surface area contributed by atoms with Crippen molar-refractivity contribution in [3.05, 3.63) is 82.5 Å². The molecule has 0 bridgehead atoms. The van der Waals surface area contributed by atoms with Gasteiger partial charge in [-0.05, 0) is 57.3 Å². The number of ether oxygens (including phenoxy) is 2. The number of halogens is 8. The Hall–Kier alpha value is -4.88. The molecule has 1 aliphatic carbocycles. The number of hydrogen-bond donors (Lipinski definition) is 4. The molecule has 1 aromatic heterocycles. The molecule has 1 heterocycles. The van der Waals surface area contributed by atoms with Crippen LogP contribution >= 0.6 is 0 Å². The van der Waals surface area contributed by atoms with Crippen LogP contribution in [0.5, 0.6) is 5.75 Å². The summed E-state index contributed by atoms with van der Waals surface area (Å²) in [5.41, 5.74) is -7.13. The van der Waals surface area contributed by atoms with Crippen LogP contribution in [0.25, 0.3) is 11.3 Å². The van der Waals surface area contributed by atoms with Crippen LogP contribution in [0.1, 0.15) is 42.5 Å². The lowest BCUT2D eigenvalue weighted by Crippen LogP contribution is -2.45. The molecule has 0 atom stereocenters. The van der Waals surface area contributed by atoms with Crippen molar-refractivity contribution in [2.24, 2.45) is 0 Å². The predicted molar refractivity (Wildman–Crippen MR) is 179 cm³/mol. The minimum Gasteiger partial charge on any atom is -0.509 e. The molecule has 0 unspecified atom stereocenters. The highest BCUT2D eigenvalue weighted by Gasteiger charge is 2.42. The topological polar surface area (TPSA) is 138 Å². The number of benzene rings is 2. The van der Waals surface area contributed by atoms with Gasteiger partial charge in [-0.15, -0.1) is 0 Å². The summed E-state index contributed by atoms with van der Waals surface area (Å²) in [6.45, 7) is 0.732. The van der Waals surface area contributed by atoms with Gasteiger partial charge in [0.25, 0.3) is 11.8 Å². The molecule has 1 fully saturated rings. The van der Waals surface area contributed by atoms with E-state index in [1.54, 1.807) is 7.05 Å². The molecule has 294 valence electrons. The second kappa shape index (κ2) is 17.5. The average molecular weight is 775 g/mol. The van der Waals surface area contributed by atoms with Crippen molar-refractivity contribution >= 4 is 17.5 Å². The second-order valence-electron chi connectivity index (χ2n) is 12.4. The number of aliphatic hydroxyl groups excluding tert-OH is 1. The van der Waals surface area contributed by atoms with Gasteiger partial charge in [0.1, 0.15) is 30.0 Å². The SMILES string of the molecule is CNC1(/C(O)=C(\C(=O)NCc2ccc(OCCN(C)CCOC)c(F)c2F)C(=O)Nc2ccc(C(F)(F)F)cc2-c2cc(C(F)(F)F)ncn2)CCCC1. The highest BCUT2D eigenvalue weighted by atomic mass is 19.4. The number of likely N-dealkylation sites (N-methyl/N-ethyl adjacent to an activating group) is 2. The summed E-state index contributed by atoms with van der Waals surface area (Å²) < 4.78 is 122. The van der Waals surface area contributed by atoms with E-state index in [1.165, 1.54) is 14.2 Å². The molecule has 0 aliphatic heterocycles. The molecule has 2 amide bonds. The van der Waals surface area contributed by atoms with Crippen molar-refractivity contribution in [2.45, 2.75) is 50.1 Å². The van der Waals surface area contributed by atoms with Gasteiger partial charge in [-0.25, -0.2) is 14.4 Å². The molecule has 0 radical (unpaired) electrons. The number of carbonyl (C=O) groups excluding carboxylic acids is 2. The van der Waals surface area contributed by atoms with Crippen molar-refractivity contribution < 1.29 is 59.3 Å². The lowest BCUT2D eigenvalue weighted by molar-refractivity contribution is -0.141. The zero-order valence-electron chi connectivity index (χ0n) is 29.4. The van der Waals surface area contributed by atoms with Crippen molar-refractivity contribution in [1.82, 2.24) is 25.5 Å². The molecule has 0 spiro atoms. The molecule has 4 rings (SSSR count). The van der Waals surface area contributed by atoms with Crippen LogP contribution in [-0.2, 0) is 33.2 Å². The Morgan fingerprint density at radius 3 is 2.24 bits per heavy atom. The van der Waals surface area contributed by atoms with E-state index >= 15 is 4.39 Å². The van der Waals surface area contributed by atoms with Crippen LogP contribution in [0.15, 0.2) is 54.1 Å². The molecule has 1 saturated carbocycles. The summed E-state index contributed by atoms with van der Waals surface area (Å²) in [5, 5.41) is 18.9. The van der Waals surface area contributed by atoms with Crippen LogP contribution in [0.4, 0.5) is 40.8 Å². The lowest BCUT2D eigenvalue weighted by atomic mass is 9.91. The first-order valence-corrected chi connectivity index (χ1v) is 16.5. The van der Waals surface area contributed by atoms with Crippen molar-refractivity contribution in [2.75, 3.05) is 52.8 Å². The Morgan fingerprint density at radius 2 is 1.61 bits per heavy atom. The molecule has 4 N–H and O–H groups in total. The van der Waals surface area contributed by atoms with Gasteiger partial charge in [0.15, 0.2) is 11.6 Å². The Labute approximate surface area is 304 Å². The number of aliphatic hydroxyl groups is 1. The molecule has 3 aromatic rings. The Bertz CT molecular complexity index is 1850. The highest BCUT2D eigenvalue weighted by molar-refractivity contribution is 6.23. The lowest BCUT2D eigenvalue weighted by Gasteiger charge is -2.29. The number of amides is 2. The van der Waals surface area contributed by atoms with Gasteiger partial charge < -0.3 is 35.4 Å². The molecule has 1 aliphatic rings. The maximum atomic E-state index is 15.1. The number of methoxy groups -OCH3 is 1. The van der Waals surface area contributed by atoms with E-state index in [9.17, 15) is 45.4 Å². The minimum absolute atomic E-state index is 0.0176. The van der Waals surface area contributed by atoms with Crippen LogP contribution in [0, 0.1) is 11.6 Å². The number of rotatable bonds is 15. The normalized spacial score (nSPS) is 14.9. The predicted octanol–water partition coefficient (Wildman–Crippen LogP) is 6.02. The summed E-state index contributed by atoms with van der Waals surface area (Å²) in [7, 11) is 4.79.